The summed E-state index contributed by atoms with van der Waals surface area (Å²) in [6.07, 6.45) is 5.52. The van der Waals surface area contributed by atoms with E-state index in [0.717, 1.165) is 62.5 Å². The number of hydrogen-bond donors (Lipinski definition) is 2. The first-order chi connectivity index (χ1) is 13.6. The zero-order valence-corrected chi connectivity index (χ0v) is 18.3. The normalized spacial score (nSPS) is 21.2. The Bertz CT molecular complexity index is 755. The number of methoxy groups -OCH3 is 1. The van der Waals surface area contributed by atoms with Gasteiger partial charge < -0.3 is 15.0 Å². The SMILES string of the molecule is CCCN(CCC)C1=NC(NCC)(c2ccc(OC)cc2Cl)NC2=C1CCC2. The largest absolute Gasteiger partial charge is 0.497 e. The number of ether oxygens (including phenoxy) is 1. The Balaban J connectivity index is 2.12. The van der Waals surface area contributed by atoms with Crippen LogP contribution in [0.1, 0.15) is 58.4 Å². The van der Waals surface area contributed by atoms with Crippen molar-refractivity contribution in [2.45, 2.75) is 58.7 Å². The van der Waals surface area contributed by atoms with E-state index in [9.17, 15) is 0 Å². The van der Waals surface area contributed by atoms with Gasteiger partial charge in [0, 0.05) is 29.9 Å². The van der Waals surface area contributed by atoms with E-state index < -0.39 is 5.79 Å². The van der Waals surface area contributed by atoms with Crippen LogP contribution < -0.4 is 15.4 Å². The summed E-state index contributed by atoms with van der Waals surface area (Å²) < 4.78 is 5.34. The van der Waals surface area contributed by atoms with Crippen molar-refractivity contribution < 1.29 is 4.74 Å². The Labute approximate surface area is 174 Å². The molecule has 0 saturated heterocycles. The van der Waals surface area contributed by atoms with Gasteiger partial charge >= 0.3 is 0 Å². The molecule has 0 aromatic heterocycles. The number of allylic oxidation sites excluding steroid dienone is 1. The van der Waals surface area contributed by atoms with E-state index in [1.165, 1.54) is 17.7 Å². The predicted molar refractivity (Wildman–Crippen MR) is 117 cm³/mol. The zero-order chi connectivity index (χ0) is 20.1. The maximum absolute atomic E-state index is 6.70. The first kappa shape index (κ1) is 21.0. The Morgan fingerprint density at radius 3 is 2.57 bits per heavy atom. The minimum absolute atomic E-state index is 0.649. The van der Waals surface area contributed by atoms with Gasteiger partial charge in [0.2, 0.25) is 5.79 Å². The van der Waals surface area contributed by atoms with Crippen molar-refractivity contribution in [1.82, 2.24) is 15.5 Å². The van der Waals surface area contributed by atoms with Crippen molar-refractivity contribution in [2.24, 2.45) is 4.99 Å². The third kappa shape index (κ3) is 4.01. The van der Waals surface area contributed by atoms with Gasteiger partial charge in [0.15, 0.2) is 0 Å². The van der Waals surface area contributed by atoms with E-state index >= 15 is 0 Å². The van der Waals surface area contributed by atoms with Crippen LogP contribution in [0.25, 0.3) is 0 Å². The zero-order valence-electron chi connectivity index (χ0n) is 17.6. The van der Waals surface area contributed by atoms with Gasteiger partial charge in [-0.15, -0.1) is 0 Å². The summed E-state index contributed by atoms with van der Waals surface area (Å²) in [6.45, 7) is 9.36. The number of rotatable bonds is 8. The number of amidine groups is 1. The molecule has 1 unspecified atom stereocenters. The number of aliphatic imine (C=N–C) groups is 1. The van der Waals surface area contributed by atoms with Gasteiger partial charge in [-0.3, -0.25) is 5.32 Å². The molecule has 0 spiro atoms. The molecule has 1 aliphatic heterocycles. The first-order valence-electron chi connectivity index (χ1n) is 10.5. The fourth-order valence-electron chi connectivity index (χ4n) is 4.20. The minimum atomic E-state index is -0.754. The molecule has 3 rings (SSSR count). The Morgan fingerprint density at radius 1 is 1.21 bits per heavy atom. The van der Waals surface area contributed by atoms with Crippen molar-refractivity contribution in [3.05, 3.63) is 40.1 Å². The van der Waals surface area contributed by atoms with Gasteiger partial charge in [0.05, 0.1) is 12.1 Å². The van der Waals surface area contributed by atoms with Crippen molar-refractivity contribution >= 4 is 17.4 Å². The quantitative estimate of drug-likeness (QED) is 0.663. The maximum Gasteiger partial charge on any atom is 0.215 e. The molecule has 2 N–H and O–H groups in total. The standard InChI is InChI=1S/C22H33ClN4O/c1-5-13-27(14-6-2)21-17-9-8-10-20(17)25-22(26-21,24-7-3)18-12-11-16(28-4)15-19(18)23/h11-12,15,24-25H,5-10,13-14H2,1-4H3. The smallest absolute Gasteiger partial charge is 0.215 e. The van der Waals surface area contributed by atoms with Crippen LogP contribution in [0.15, 0.2) is 34.5 Å². The lowest BCUT2D eigenvalue weighted by atomic mass is 10.0. The molecular formula is C22H33ClN4O. The number of nitrogens with one attached hydrogen (secondary N) is 2. The van der Waals surface area contributed by atoms with Crippen LogP contribution in [0.5, 0.6) is 5.75 Å². The summed E-state index contributed by atoms with van der Waals surface area (Å²) in [7, 11) is 1.66. The van der Waals surface area contributed by atoms with Crippen LogP contribution in [0, 0.1) is 0 Å². The highest BCUT2D eigenvalue weighted by Gasteiger charge is 2.41. The topological polar surface area (TPSA) is 48.9 Å². The second kappa shape index (κ2) is 9.19. The van der Waals surface area contributed by atoms with Crippen molar-refractivity contribution in [3.63, 3.8) is 0 Å². The van der Waals surface area contributed by atoms with Crippen LogP contribution in [-0.4, -0.2) is 37.5 Å². The van der Waals surface area contributed by atoms with E-state index in [0.29, 0.717) is 5.02 Å². The van der Waals surface area contributed by atoms with E-state index in [1.54, 1.807) is 7.11 Å². The average molecular weight is 405 g/mol. The summed E-state index contributed by atoms with van der Waals surface area (Å²) in [5.41, 5.74) is 3.61. The molecule has 1 heterocycles. The second-order valence-electron chi connectivity index (χ2n) is 7.44. The molecule has 2 aliphatic rings. The van der Waals surface area contributed by atoms with Crippen LogP contribution in [0.2, 0.25) is 5.02 Å². The molecular weight excluding hydrogens is 372 g/mol. The summed E-state index contributed by atoms with van der Waals surface area (Å²) in [4.78, 5) is 7.76. The van der Waals surface area contributed by atoms with E-state index in [1.807, 2.05) is 18.2 Å². The van der Waals surface area contributed by atoms with Crippen LogP contribution in [-0.2, 0) is 5.79 Å². The van der Waals surface area contributed by atoms with Gasteiger partial charge in [0.25, 0.3) is 0 Å². The van der Waals surface area contributed by atoms with Gasteiger partial charge in [-0.05, 0) is 56.8 Å². The molecule has 1 aliphatic carbocycles. The number of benzene rings is 1. The lowest BCUT2D eigenvalue weighted by Crippen LogP contribution is -2.56. The highest BCUT2D eigenvalue weighted by Crippen LogP contribution is 2.39. The molecule has 0 fully saturated rings. The lowest BCUT2D eigenvalue weighted by Gasteiger charge is -2.41. The van der Waals surface area contributed by atoms with E-state index in [-0.39, 0.29) is 0 Å². The van der Waals surface area contributed by atoms with Gasteiger partial charge in [-0.2, -0.15) is 0 Å². The minimum Gasteiger partial charge on any atom is -0.497 e. The molecule has 154 valence electrons. The van der Waals surface area contributed by atoms with Gasteiger partial charge in [-0.1, -0.05) is 32.4 Å². The second-order valence-corrected chi connectivity index (χ2v) is 7.85. The van der Waals surface area contributed by atoms with E-state index in [4.69, 9.17) is 21.3 Å². The Kier molecular flexibility index (Phi) is 6.89. The highest BCUT2D eigenvalue weighted by molar-refractivity contribution is 6.31. The molecule has 1 atom stereocenters. The third-order valence-corrected chi connectivity index (χ3v) is 5.69. The maximum atomic E-state index is 6.70. The summed E-state index contributed by atoms with van der Waals surface area (Å²) in [5, 5.41) is 7.96. The Hall–Kier alpha value is -1.72. The molecule has 1 aromatic carbocycles. The van der Waals surface area contributed by atoms with Crippen molar-refractivity contribution in [3.8, 4) is 5.75 Å². The van der Waals surface area contributed by atoms with Crippen LogP contribution >= 0.6 is 11.6 Å². The van der Waals surface area contributed by atoms with Crippen LogP contribution in [0.3, 0.4) is 0 Å². The number of nitrogens with zero attached hydrogens (tertiary/aromatic N) is 2. The van der Waals surface area contributed by atoms with Crippen LogP contribution in [0.4, 0.5) is 0 Å². The Morgan fingerprint density at radius 2 is 1.96 bits per heavy atom. The molecule has 0 saturated carbocycles. The summed E-state index contributed by atoms with van der Waals surface area (Å²) in [6, 6.07) is 5.83. The summed E-state index contributed by atoms with van der Waals surface area (Å²) in [5.74, 6) is 1.12. The highest BCUT2D eigenvalue weighted by atomic mass is 35.5. The molecule has 0 amide bonds. The average Bonchev–Trinajstić information content (AvgIpc) is 3.15. The van der Waals surface area contributed by atoms with Gasteiger partial charge in [0.1, 0.15) is 11.6 Å². The molecule has 0 radical (unpaired) electrons. The fraction of sp³-hybridized carbons (Fsp3) is 0.591. The lowest BCUT2D eigenvalue weighted by molar-refractivity contribution is 0.286. The van der Waals surface area contributed by atoms with Gasteiger partial charge in [-0.25, -0.2) is 4.99 Å². The fourth-order valence-corrected chi connectivity index (χ4v) is 4.51. The molecule has 1 aromatic rings. The number of hydrogen-bond acceptors (Lipinski definition) is 5. The van der Waals surface area contributed by atoms with Crippen molar-refractivity contribution in [1.29, 1.82) is 0 Å². The monoisotopic (exact) mass is 404 g/mol. The van der Waals surface area contributed by atoms with E-state index in [2.05, 4.69) is 36.3 Å². The summed E-state index contributed by atoms with van der Waals surface area (Å²) >= 11 is 6.70. The molecule has 28 heavy (non-hydrogen) atoms. The molecule has 5 nitrogen and oxygen atoms in total. The third-order valence-electron chi connectivity index (χ3n) is 5.38. The molecule has 6 heteroatoms. The number of halogens is 1. The molecule has 0 bridgehead atoms. The van der Waals surface area contributed by atoms with Crippen molar-refractivity contribution in [2.75, 3.05) is 26.7 Å². The first-order valence-corrected chi connectivity index (χ1v) is 10.9. The predicted octanol–water partition coefficient (Wildman–Crippen LogP) is 4.63.